The molecule has 6 nitrogen and oxygen atoms in total. The van der Waals surface area contributed by atoms with Gasteiger partial charge in [0.1, 0.15) is 0 Å². The Morgan fingerprint density at radius 2 is 1.73 bits per heavy atom. The molecule has 3 rings (SSSR count). The molecule has 1 aromatic rings. The second kappa shape index (κ2) is 6.83. The molecule has 0 atom stereocenters. The summed E-state index contributed by atoms with van der Waals surface area (Å²) < 4.78 is 11.1. The zero-order valence-corrected chi connectivity index (χ0v) is 13.9. The zero-order valence-electron chi connectivity index (χ0n) is 12.3. The quantitative estimate of drug-likeness (QED) is 0.795. The van der Waals surface area contributed by atoms with E-state index in [0.29, 0.717) is 62.7 Å². The van der Waals surface area contributed by atoms with Gasteiger partial charge in [0.25, 0.3) is 5.91 Å². The molecule has 0 unspecified atom stereocenters. The molecule has 7 heteroatoms. The van der Waals surface area contributed by atoms with E-state index in [-0.39, 0.29) is 17.7 Å². The molecular weight excluding hydrogens is 352 g/mol. The molecule has 3 heterocycles. The third kappa shape index (κ3) is 3.35. The fraction of sp³-hybridized carbons (Fsp3) is 0.600. The van der Waals surface area contributed by atoms with E-state index in [1.165, 1.54) is 0 Å². The highest BCUT2D eigenvalue weighted by Crippen LogP contribution is 2.23. The van der Waals surface area contributed by atoms with Crippen LogP contribution in [0.2, 0.25) is 0 Å². The third-order valence-electron chi connectivity index (χ3n) is 4.24. The number of amides is 2. The van der Waals surface area contributed by atoms with Gasteiger partial charge in [0.05, 0.1) is 13.2 Å². The van der Waals surface area contributed by atoms with Gasteiger partial charge in [-0.2, -0.15) is 0 Å². The summed E-state index contributed by atoms with van der Waals surface area (Å²) in [6, 6.07) is 3.37. The van der Waals surface area contributed by atoms with Crippen molar-refractivity contribution in [1.29, 1.82) is 0 Å². The Morgan fingerprint density at radius 3 is 2.32 bits per heavy atom. The molecular formula is C15H19BrN2O4. The van der Waals surface area contributed by atoms with E-state index in [4.69, 9.17) is 9.15 Å². The van der Waals surface area contributed by atoms with Crippen molar-refractivity contribution in [2.45, 2.75) is 12.8 Å². The van der Waals surface area contributed by atoms with Crippen molar-refractivity contribution in [2.24, 2.45) is 5.92 Å². The minimum atomic E-state index is -0.108. The Morgan fingerprint density at radius 1 is 1.05 bits per heavy atom. The number of rotatable bonds is 2. The predicted molar refractivity (Wildman–Crippen MR) is 82.4 cm³/mol. The van der Waals surface area contributed by atoms with Gasteiger partial charge >= 0.3 is 0 Å². The number of morpholine rings is 1. The maximum atomic E-state index is 12.4. The molecule has 2 amide bonds. The number of carbonyl (C=O) groups excluding carboxylic acids is 2. The Balaban J connectivity index is 1.53. The molecule has 0 N–H and O–H groups in total. The van der Waals surface area contributed by atoms with Crippen molar-refractivity contribution in [3.8, 4) is 0 Å². The van der Waals surface area contributed by atoms with Crippen LogP contribution in [-0.2, 0) is 9.53 Å². The van der Waals surface area contributed by atoms with Crippen LogP contribution in [0.3, 0.4) is 0 Å². The maximum Gasteiger partial charge on any atom is 0.289 e. The number of likely N-dealkylation sites (tertiary alicyclic amines) is 1. The molecule has 0 aromatic carbocycles. The van der Waals surface area contributed by atoms with Crippen molar-refractivity contribution in [3.63, 3.8) is 0 Å². The van der Waals surface area contributed by atoms with E-state index < -0.39 is 0 Å². The molecule has 2 aliphatic rings. The first-order valence-corrected chi connectivity index (χ1v) is 8.35. The lowest BCUT2D eigenvalue weighted by molar-refractivity contribution is -0.141. The van der Waals surface area contributed by atoms with Gasteiger partial charge in [0.15, 0.2) is 10.4 Å². The molecule has 0 spiro atoms. The molecule has 0 aliphatic carbocycles. The normalized spacial score (nSPS) is 20.2. The Kier molecular flexibility index (Phi) is 4.83. The van der Waals surface area contributed by atoms with Crippen molar-refractivity contribution in [3.05, 3.63) is 22.6 Å². The number of ether oxygens (including phenoxy) is 1. The summed E-state index contributed by atoms with van der Waals surface area (Å²) in [7, 11) is 0. The lowest BCUT2D eigenvalue weighted by Crippen LogP contribution is -2.47. The molecule has 0 saturated carbocycles. The standard InChI is InChI=1S/C15H19BrN2O4/c16-13-2-1-12(22-13)15(20)17-5-3-11(4-6-17)14(19)18-7-9-21-10-8-18/h1-2,11H,3-10H2. The molecule has 2 aliphatic heterocycles. The summed E-state index contributed by atoms with van der Waals surface area (Å²) in [5, 5.41) is 0. The second-order valence-corrected chi connectivity index (χ2v) is 6.39. The van der Waals surface area contributed by atoms with Crippen LogP contribution in [0, 0.1) is 5.92 Å². The van der Waals surface area contributed by atoms with E-state index in [2.05, 4.69) is 15.9 Å². The number of halogens is 1. The van der Waals surface area contributed by atoms with Gasteiger partial charge < -0.3 is 19.0 Å². The minimum absolute atomic E-state index is 0.0190. The number of carbonyl (C=O) groups is 2. The smallest absolute Gasteiger partial charge is 0.289 e. The van der Waals surface area contributed by atoms with Crippen LogP contribution in [0.4, 0.5) is 0 Å². The number of furan rings is 1. The Hall–Kier alpha value is -1.34. The van der Waals surface area contributed by atoms with E-state index in [1.54, 1.807) is 17.0 Å². The minimum Gasteiger partial charge on any atom is -0.444 e. The average Bonchev–Trinajstić information content (AvgIpc) is 3.01. The zero-order chi connectivity index (χ0) is 15.5. The van der Waals surface area contributed by atoms with Crippen molar-refractivity contribution >= 4 is 27.7 Å². The predicted octanol–water partition coefficient (Wildman–Crippen LogP) is 1.75. The largest absolute Gasteiger partial charge is 0.444 e. The van der Waals surface area contributed by atoms with Gasteiger partial charge in [-0.15, -0.1) is 0 Å². The molecule has 0 bridgehead atoms. The lowest BCUT2D eigenvalue weighted by atomic mass is 9.95. The van der Waals surface area contributed by atoms with Gasteiger partial charge in [0.2, 0.25) is 5.91 Å². The van der Waals surface area contributed by atoms with Gasteiger partial charge in [-0.25, -0.2) is 0 Å². The van der Waals surface area contributed by atoms with E-state index in [1.807, 2.05) is 4.90 Å². The van der Waals surface area contributed by atoms with Gasteiger partial charge in [-0.05, 0) is 40.9 Å². The third-order valence-corrected chi connectivity index (χ3v) is 4.66. The first-order chi connectivity index (χ1) is 10.6. The summed E-state index contributed by atoms with van der Waals surface area (Å²) in [6.45, 7) is 3.79. The molecule has 2 saturated heterocycles. The summed E-state index contributed by atoms with van der Waals surface area (Å²) in [4.78, 5) is 28.4. The van der Waals surface area contributed by atoms with Crippen molar-refractivity contribution in [2.75, 3.05) is 39.4 Å². The monoisotopic (exact) mass is 370 g/mol. The van der Waals surface area contributed by atoms with Crippen LogP contribution >= 0.6 is 15.9 Å². The van der Waals surface area contributed by atoms with Crippen LogP contribution in [0.25, 0.3) is 0 Å². The molecule has 2 fully saturated rings. The Bertz CT molecular complexity index is 545. The number of hydrogen-bond acceptors (Lipinski definition) is 4. The van der Waals surface area contributed by atoms with Crippen LogP contribution in [-0.4, -0.2) is 61.0 Å². The highest BCUT2D eigenvalue weighted by molar-refractivity contribution is 9.10. The van der Waals surface area contributed by atoms with Gasteiger partial charge in [-0.3, -0.25) is 9.59 Å². The number of nitrogens with zero attached hydrogens (tertiary/aromatic N) is 2. The average molecular weight is 371 g/mol. The molecule has 1 aromatic heterocycles. The van der Waals surface area contributed by atoms with E-state index in [9.17, 15) is 9.59 Å². The van der Waals surface area contributed by atoms with E-state index in [0.717, 1.165) is 0 Å². The summed E-state index contributed by atoms with van der Waals surface area (Å²) in [5.41, 5.74) is 0. The van der Waals surface area contributed by atoms with Crippen LogP contribution in [0.1, 0.15) is 23.4 Å². The fourth-order valence-corrected chi connectivity index (χ4v) is 3.26. The molecule has 120 valence electrons. The van der Waals surface area contributed by atoms with E-state index >= 15 is 0 Å². The number of hydrogen-bond donors (Lipinski definition) is 0. The SMILES string of the molecule is O=C(c1ccc(Br)o1)N1CCC(C(=O)N2CCOCC2)CC1. The molecule has 0 radical (unpaired) electrons. The molecule has 22 heavy (non-hydrogen) atoms. The van der Waals surface area contributed by atoms with Crippen LogP contribution in [0.15, 0.2) is 21.2 Å². The summed E-state index contributed by atoms with van der Waals surface area (Å²) >= 11 is 3.20. The van der Waals surface area contributed by atoms with Crippen LogP contribution in [0.5, 0.6) is 0 Å². The van der Waals surface area contributed by atoms with Gasteiger partial charge in [0, 0.05) is 32.1 Å². The highest BCUT2D eigenvalue weighted by Gasteiger charge is 2.31. The Labute approximate surface area is 137 Å². The van der Waals surface area contributed by atoms with Crippen molar-refractivity contribution in [1.82, 2.24) is 9.80 Å². The first kappa shape index (κ1) is 15.6. The first-order valence-electron chi connectivity index (χ1n) is 7.56. The topological polar surface area (TPSA) is 63.0 Å². The summed E-state index contributed by atoms with van der Waals surface area (Å²) in [6.07, 6.45) is 1.42. The van der Waals surface area contributed by atoms with Gasteiger partial charge in [-0.1, -0.05) is 0 Å². The summed E-state index contributed by atoms with van der Waals surface area (Å²) in [5.74, 6) is 0.453. The number of piperidine rings is 1. The van der Waals surface area contributed by atoms with Crippen molar-refractivity contribution < 1.29 is 18.7 Å². The second-order valence-electron chi connectivity index (χ2n) is 5.61. The highest BCUT2D eigenvalue weighted by atomic mass is 79.9. The lowest BCUT2D eigenvalue weighted by Gasteiger charge is -2.35. The maximum absolute atomic E-state index is 12.4. The van der Waals surface area contributed by atoms with Crippen LogP contribution < -0.4 is 0 Å². The fourth-order valence-electron chi connectivity index (χ4n) is 2.96.